The SMILES string of the molecule is Cc1cc(C)c(CC(=O)N(Cc2ccccc2)c2nc3ccc(F)cc3s2)c(C)c1. The third-order valence-corrected chi connectivity index (χ3v) is 6.26. The van der Waals surface area contributed by atoms with E-state index in [0.717, 1.165) is 27.0 Å². The summed E-state index contributed by atoms with van der Waals surface area (Å²) in [5.74, 6) is -0.321. The van der Waals surface area contributed by atoms with Gasteiger partial charge in [0.1, 0.15) is 5.82 Å². The van der Waals surface area contributed by atoms with E-state index in [1.807, 2.05) is 44.2 Å². The number of hydrogen-bond donors (Lipinski definition) is 0. The summed E-state index contributed by atoms with van der Waals surface area (Å²) in [5, 5.41) is 0.590. The monoisotopic (exact) mass is 418 g/mol. The Bertz CT molecular complexity index is 1190. The normalized spacial score (nSPS) is 11.1. The van der Waals surface area contributed by atoms with Crippen LogP contribution in [0, 0.1) is 26.6 Å². The molecule has 1 aromatic heterocycles. The smallest absolute Gasteiger partial charge is 0.233 e. The van der Waals surface area contributed by atoms with E-state index in [1.54, 1.807) is 11.0 Å². The fourth-order valence-electron chi connectivity index (χ4n) is 3.77. The zero-order valence-electron chi connectivity index (χ0n) is 17.3. The van der Waals surface area contributed by atoms with Gasteiger partial charge in [0.2, 0.25) is 5.91 Å². The molecule has 30 heavy (non-hydrogen) atoms. The Balaban J connectivity index is 1.71. The molecule has 0 spiro atoms. The Morgan fingerprint density at radius 2 is 1.70 bits per heavy atom. The van der Waals surface area contributed by atoms with Crippen LogP contribution in [0.2, 0.25) is 0 Å². The van der Waals surface area contributed by atoms with E-state index in [0.29, 0.717) is 23.6 Å². The highest BCUT2D eigenvalue weighted by atomic mass is 32.1. The molecule has 0 radical (unpaired) electrons. The van der Waals surface area contributed by atoms with Gasteiger partial charge in [-0.05, 0) is 61.2 Å². The van der Waals surface area contributed by atoms with E-state index in [1.165, 1.54) is 29.0 Å². The maximum absolute atomic E-state index is 13.7. The van der Waals surface area contributed by atoms with Crippen molar-refractivity contribution in [1.29, 1.82) is 0 Å². The second-order valence-corrected chi connectivity index (χ2v) is 8.64. The third-order valence-electron chi connectivity index (χ3n) is 5.22. The van der Waals surface area contributed by atoms with Crippen LogP contribution in [0.5, 0.6) is 0 Å². The van der Waals surface area contributed by atoms with E-state index in [9.17, 15) is 9.18 Å². The molecule has 1 heterocycles. The number of hydrogen-bond acceptors (Lipinski definition) is 3. The van der Waals surface area contributed by atoms with Gasteiger partial charge < -0.3 is 0 Å². The van der Waals surface area contributed by atoms with Crippen molar-refractivity contribution in [3.63, 3.8) is 0 Å². The number of nitrogens with zero attached hydrogens (tertiary/aromatic N) is 2. The maximum atomic E-state index is 13.7. The van der Waals surface area contributed by atoms with Gasteiger partial charge in [-0.15, -0.1) is 0 Å². The minimum Gasteiger partial charge on any atom is -0.283 e. The molecule has 0 bridgehead atoms. The molecule has 5 heteroatoms. The number of benzene rings is 3. The average Bonchev–Trinajstić information content (AvgIpc) is 3.12. The Kier molecular flexibility index (Phi) is 5.64. The summed E-state index contributed by atoms with van der Waals surface area (Å²) >= 11 is 1.34. The zero-order valence-corrected chi connectivity index (χ0v) is 18.1. The van der Waals surface area contributed by atoms with E-state index < -0.39 is 0 Å². The van der Waals surface area contributed by atoms with E-state index >= 15 is 0 Å². The van der Waals surface area contributed by atoms with Crippen LogP contribution in [-0.4, -0.2) is 10.9 Å². The Hall–Kier alpha value is -3.05. The molecule has 0 atom stereocenters. The molecule has 0 unspecified atom stereocenters. The van der Waals surface area contributed by atoms with Gasteiger partial charge in [0.15, 0.2) is 5.13 Å². The van der Waals surface area contributed by atoms with Crippen LogP contribution in [0.15, 0.2) is 60.7 Å². The lowest BCUT2D eigenvalue weighted by atomic mass is 9.97. The van der Waals surface area contributed by atoms with Crippen LogP contribution < -0.4 is 4.90 Å². The molecule has 0 aliphatic carbocycles. The first kappa shape index (κ1) is 20.2. The number of carbonyl (C=O) groups excluding carboxylic acids is 1. The number of thiazole rings is 1. The van der Waals surface area contributed by atoms with Crippen molar-refractivity contribution in [2.75, 3.05) is 4.90 Å². The van der Waals surface area contributed by atoms with Gasteiger partial charge >= 0.3 is 0 Å². The zero-order chi connectivity index (χ0) is 21.3. The standard InChI is InChI=1S/C25H23FN2OS/c1-16-11-17(2)21(18(3)12-16)14-24(29)28(15-19-7-5-4-6-8-19)25-27-22-10-9-20(26)13-23(22)30-25/h4-13H,14-15H2,1-3H3. The Morgan fingerprint density at radius 1 is 1.00 bits per heavy atom. The lowest BCUT2D eigenvalue weighted by molar-refractivity contribution is -0.118. The fourth-order valence-corrected chi connectivity index (χ4v) is 4.77. The fraction of sp³-hybridized carbons (Fsp3) is 0.200. The third kappa shape index (κ3) is 4.26. The molecule has 0 saturated heterocycles. The molecular weight excluding hydrogens is 395 g/mol. The van der Waals surface area contributed by atoms with Crippen LogP contribution in [0.3, 0.4) is 0 Å². The minimum absolute atomic E-state index is 0.0200. The number of amides is 1. The maximum Gasteiger partial charge on any atom is 0.233 e. The summed E-state index contributed by atoms with van der Waals surface area (Å²) in [6.45, 7) is 6.58. The number of rotatable bonds is 5. The van der Waals surface area contributed by atoms with Crippen LogP contribution in [-0.2, 0) is 17.8 Å². The van der Waals surface area contributed by atoms with Crippen molar-refractivity contribution in [3.8, 4) is 0 Å². The molecule has 3 nitrogen and oxygen atoms in total. The minimum atomic E-state index is -0.301. The van der Waals surface area contributed by atoms with Crippen LogP contribution >= 0.6 is 11.3 Å². The predicted molar refractivity (Wildman–Crippen MR) is 122 cm³/mol. The summed E-state index contributed by atoms with van der Waals surface area (Å²) in [6, 6.07) is 18.6. The van der Waals surface area contributed by atoms with Crippen molar-refractivity contribution in [2.45, 2.75) is 33.7 Å². The van der Waals surface area contributed by atoms with Gasteiger partial charge in [-0.3, -0.25) is 9.69 Å². The molecule has 0 fully saturated rings. The summed E-state index contributed by atoms with van der Waals surface area (Å²) in [7, 11) is 0. The van der Waals surface area contributed by atoms with Crippen molar-refractivity contribution in [1.82, 2.24) is 4.98 Å². The number of aromatic nitrogens is 1. The van der Waals surface area contributed by atoms with Gasteiger partial charge in [-0.1, -0.05) is 59.4 Å². The summed E-state index contributed by atoms with van der Waals surface area (Å²) in [6.07, 6.45) is 0.301. The highest BCUT2D eigenvalue weighted by molar-refractivity contribution is 7.22. The van der Waals surface area contributed by atoms with Crippen molar-refractivity contribution in [3.05, 3.63) is 94.3 Å². The molecule has 152 valence electrons. The van der Waals surface area contributed by atoms with E-state index in [-0.39, 0.29) is 11.7 Å². The van der Waals surface area contributed by atoms with Crippen LogP contribution in [0.25, 0.3) is 10.2 Å². The van der Waals surface area contributed by atoms with Gasteiger partial charge in [-0.25, -0.2) is 9.37 Å². The first-order chi connectivity index (χ1) is 14.4. The van der Waals surface area contributed by atoms with Crippen molar-refractivity contribution >= 4 is 32.6 Å². The number of anilines is 1. The molecule has 1 amide bonds. The topological polar surface area (TPSA) is 33.2 Å². The lowest BCUT2D eigenvalue weighted by Gasteiger charge is -2.21. The first-order valence-electron chi connectivity index (χ1n) is 9.88. The van der Waals surface area contributed by atoms with E-state index in [4.69, 9.17) is 0 Å². The van der Waals surface area contributed by atoms with Crippen molar-refractivity contribution in [2.24, 2.45) is 0 Å². The van der Waals surface area contributed by atoms with Crippen molar-refractivity contribution < 1.29 is 9.18 Å². The number of carbonyl (C=O) groups is 1. The van der Waals surface area contributed by atoms with Gasteiger partial charge in [0.25, 0.3) is 0 Å². The molecule has 0 saturated carbocycles. The average molecular weight is 419 g/mol. The number of halogens is 1. The highest BCUT2D eigenvalue weighted by Gasteiger charge is 2.22. The Labute approximate surface area is 179 Å². The van der Waals surface area contributed by atoms with Gasteiger partial charge in [0.05, 0.1) is 23.2 Å². The summed E-state index contributed by atoms with van der Waals surface area (Å²) in [5.41, 5.74) is 6.20. The molecule has 4 rings (SSSR count). The van der Waals surface area contributed by atoms with Gasteiger partial charge in [-0.2, -0.15) is 0 Å². The molecule has 4 aromatic rings. The Morgan fingerprint density at radius 3 is 2.40 bits per heavy atom. The predicted octanol–water partition coefficient (Wildman–Crippen LogP) is 6.14. The summed E-state index contributed by atoms with van der Waals surface area (Å²) in [4.78, 5) is 19.8. The van der Waals surface area contributed by atoms with Crippen LogP contribution in [0.1, 0.15) is 27.8 Å². The van der Waals surface area contributed by atoms with Gasteiger partial charge in [0, 0.05) is 0 Å². The highest BCUT2D eigenvalue weighted by Crippen LogP contribution is 2.31. The second kappa shape index (κ2) is 8.36. The lowest BCUT2D eigenvalue weighted by Crippen LogP contribution is -2.32. The van der Waals surface area contributed by atoms with E-state index in [2.05, 4.69) is 24.0 Å². The number of fused-ring (bicyclic) bond motifs is 1. The summed E-state index contributed by atoms with van der Waals surface area (Å²) < 4.78 is 14.4. The molecule has 3 aromatic carbocycles. The van der Waals surface area contributed by atoms with Crippen LogP contribution in [0.4, 0.5) is 9.52 Å². The quantitative estimate of drug-likeness (QED) is 0.390. The second-order valence-electron chi connectivity index (χ2n) is 7.63. The molecule has 0 aliphatic heterocycles. The molecule has 0 aliphatic rings. The first-order valence-corrected chi connectivity index (χ1v) is 10.7. The molecular formula is C25H23FN2OS. The molecule has 0 N–H and O–H groups in total. The number of aryl methyl sites for hydroxylation is 3. The largest absolute Gasteiger partial charge is 0.283 e.